The number of carbonyl (C=O) groups is 1. The first-order valence-electron chi connectivity index (χ1n) is 12.1. The fraction of sp³-hybridized carbons (Fsp3) is 0.214. The summed E-state index contributed by atoms with van der Waals surface area (Å²) in [7, 11) is 2.08. The Morgan fingerprint density at radius 2 is 1.97 bits per heavy atom. The minimum absolute atomic E-state index is 0.0928. The van der Waals surface area contributed by atoms with Crippen molar-refractivity contribution < 1.29 is 4.79 Å². The highest BCUT2D eigenvalue weighted by Crippen LogP contribution is 2.42. The van der Waals surface area contributed by atoms with Crippen molar-refractivity contribution in [3.63, 3.8) is 0 Å². The van der Waals surface area contributed by atoms with E-state index in [0.717, 1.165) is 47.5 Å². The van der Waals surface area contributed by atoms with Crippen LogP contribution in [0.3, 0.4) is 0 Å². The molecule has 2 N–H and O–H groups in total. The van der Waals surface area contributed by atoms with Crippen molar-refractivity contribution in [1.82, 2.24) is 15.7 Å². The molecule has 2 atom stereocenters. The predicted octanol–water partition coefficient (Wildman–Crippen LogP) is 4.74. The third kappa shape index (κ3) is 5.07. The van der Waals surface area contributed by atoms with E-state index in [0.29, 0.717) is 10.0 Å². The lowest BCUT2D eigenvalue weighted by Crippen LogP contribution is -2.47. The van der Waals surface area contributed by atoms with E-state index in [-0.39, 0.29) is 11.9 Å². The number of carbonyl (C=O) groups excluding carboxylic acids is 1. The van der Waals surface area contributed by atoms with Gasteiger partial charge in [0, 0.05) is 11.2 Å². The molecule has 1 aromatic heterocycles. The first-order valence-corrected chi connectivity index (χ1v) is 12.9. The van der Waals surface area contributed by atoms with Gasteiger partial charge in [0.2, 0.25) is 5.91 Å². The standard InChI is InChI=1S/C28H27BCl2N4O/c1-17(24-7-2-3-14-32-24)33-28(36)26-22-6-4-5-19(15-18-8-10-20(29)11-9-18)27(22)35(34-26)25-13-12-21(30)16-23(25)31/h2-3,7-17,26,34H,4-6,29H2,1H3,(H,33,36)/b19-15+/t17-,26?/m1/s1. The molecule has 5 nitrogen and oxygen atoms in total. The van der Waals surface area contributed by atoms with Crippen LogP contribution in [0.2, 0.25) is 10.0 Å². The lowest BCUT2D eigenvalue weighted by Gasteiger charge is -2.27. The van der Waals surface area contributed by atoms with Crippen molar-refractivity contribution in [1.29, 1.82) is 0 Å². The normalized spacial score (nSPS) is 19.4. The van der Waals surface area contributed by atoms with Crippen LogP contribution < -0.4 is 21.2 Å². The summed E-state index contributed by atoms with van der Waals surface area (Å²) in [6.07, 6.45) is 6.66. The van der Waals surface area contributed by atoms with Gasteiger partial charge in [0.25, 0.3) is 0 Å². The fourth-order valence-electron chi connectivity index (χ4n) is 4.83. The molecule has 2 aromatic carbocycles. The monoisotopic (exact) mass is 516 g/mol. The number of hydrazine groups is 1. The summed E-state index contributed by atoms with van der Waals surface area (Å²) in [6, 6.07) is 18.9. The SMILES string of the molecule is Bc1ccc(/C=C2\CCCC3=C2N(c2ccc(Cl)cc2Cl)NC3C(=O)N[C@H](C)c2ccccn2)cc1. The molecule has 1 unspecified atom stereocenters. The van der Waals surface area contributed by atoms with Gasteiger partial charge in [-0.15, -0.1) is 0 Å². The van der Waals surface area contributed by atoms with E-state index in [1.165, 1.54) is 11.0 Å². The number of allylic oxidation sites excluding steroid dienone is 1. The van der Waals surface area contributed by atoms with Crippen LogP contribution in [0.1, 0.15) is 43.5 Å². The van der Waals surface area contributed by atoms with Crippen molar-refractivity contribution in [2.75, 3.05) is 5.01 Å². The van der Waals surface area contributed by atoms with Crippen molar-refractivity contribution >= 4 is 54.2 Å². The molecule has 1 aliphatic heterocycles. The van der Waals surface area contributed by atoms with Gasteiger partial charge in [0.1, 0.15) is 13.9 Å². The molecule has 0 radical (unpaired) electrons. The number of rotatable bonds is 5. The summed E-state index contributed by atoms with van der Waals surface area (Å²) in [4.78, 5) is 18.0. The number of halogens is 2. The van der Waals surface area contributed by atoms with Crippen LogP contribution in [0.5, 0.6) is 0 Å². The number of pyridine rings is 1. The van der Waals surface area contributed by atoms with Crippen LogP contribution in [-0.2, 0) is 4.79 Å². The molecular formula is C28H27BCl2N4O. The number of aromatic nitrogens is 1. The number of amides is 1. The van der Waals surface area contributed by atoms with E-state index < -0.39 is 6.04 Å². The molecule has 8 heteroatoms. The fourth-order valence-corrected chi connectivity index (χ4v) is 5.32. The average Bonchev–Trinajstić information content (AvgIpc) is 3.26. The lowest BCUT2D eigenvalue weighted by molar-refractivity contribution is -0.122. The first kappa shape index (κ1) is 24.6. The maximum atomic E-state index is 13.6. The molecule has 3 aromatic rings. The Morgan fingerprint density at radius 1 is 1.17 bits per heavy atom. The lowest BCUT2D eigenvalue weighted by atomic mass is 9.87. The molecule has 2 aliphatic rings. The van der Waals surface area contributed by atoms with Crippen LogP contribution in [0, 0.1) is 0 Å². The van der Waals surface area contributed by atoms with Gasteiger partial charge in [-0.2, -0.15) is 0 Å². The summed E-state index contributed by atoms with van der Waals surface area (Å²) in [5.41, 5.74) is 10.6. The van der Waals surface area contributed by atoms with Crippen molar-refractivity contribution in [2.45, 2.75) is 38.3 Å². The zero-order valence-electron chi connectivity index (χ0n) is 20.3. The van der Waals surface area contributed by atoms with Gasteiger partial charge in [-0.05, 0) is 79.3 Å². The Labute approximate surface area is 222 Å². The van der Waals surface area contributed by atoms with Crippen LogP contribution in [-0.4, -0.2) is 24.8 Å². The molecule has 0 spiro atoms. The predicted molar refractivity (Wildman–Crippen MR) is 150 cm³/mol. The highest BCUT2D eigenvalue weighted by molar-refractivity contribution is 6.36. The Balaban J connectivity index is 1.53. The molecule has 36 heavy (non-hydrogen) atoms. The topological polar surface area (TPSA) is 57.3 Å². The molecule has 0 fully saturated rings. The number of hydrogen-bond acceptors (Lipinski definition) is 4. The highest BCUT2D eigenvalue weighted by Gasteiger charge is 2.40. The molecule has 1 aliphatic carbocycles. The number of anilines is 1. The molecule has 5 rings (SSSR count). The number of hydrogen-bond donors (Lipinski definition) is 2. The maximum absolute atomic E-state index is 13.6. The quantitative estimate of drug-likeness (QED) is 0.481. The van der Waals surface area contributed by atoms with E-state index in [2.05, 4.69) is 53.9 Å². The van der Waals surface area contributed by atoms with Gasteiger partial charge in [-0.3, -0.25) is 14.8 Å². The minimum atomic E-state index is -0.514. The van der Waals surface area contributed by atoms with E-state index in [9.17, 15) is 4.79 Å². The van der Waals surface area contributed by atoms with E-state index >= 15 is 0 Å². The summed E-state index contributed by atoms with van der Waals surface area (Å²) < 4.78 is 0. The first-order chi connectivity index (χ1) is 17.4. The van der Waals surface area contributed by atoms with Crippen molar-refractivity contribution in [3.05, 3.63) is 105 Å². The van der Waals surface area contributed by atoms with Crippen molar-refractivity contribution in [2.24, 2.45) is 0 Å². The molecule has 0 saturated heterocycles. The third-order valence-corrected chi connectivity index (χ3v) is 7.19. The van der Waals surface area contributed by atoms with Gasteiger partial charge in [0.15, 0.2) is 0 Å². The summed E-state index contributed by atoms with van der Waals surface area (Å²) in [5, 5.41) is 6.18. The molecule has 1 amide bonds. The minimum Gasteiger partial charge on any atom is -0.346 e. The Morgan fingerprint density at radius 3 is 2.69 bits per heavy atom. The Bertz CT molecular complexity index is 1340. The summed E-state index contributed by atoms with van der Waals surface area (Å²) >= 11 is 12.8. The smallest absolute Gasteiger partial charge is 0.243 e. The second kappa shape index (κ2) is 10.5. The number of nitrogens with one attached hydrogen (secondary N) is 2. The molecule has 0 saturated carbocycles. The molecule has 2 heterocycles. The summed E-state index contributed by atoms with van der Waals surface area (Å²) in [6.45, 7) is 1.95. The van der Waals surface area contributed by atoms with Gasteiger partial charge in [-0.1, -0.05) is 59.0 Å². The van der Waals surface area contributed by atoms with Crippen LogP contribution in [0.15, 0.2) is 83.7 Å². The van der Waals surface area contributed by atoms with E-state index in [1.54, 1.807) is 12.3 Å². The largest absolute Gasteiger partial charge is 0.346 e. The van der Waals surface area contributed by atoms with Gasteiger partial charge in [0.05, 0.1) is 28.1 Å². The zero-order valence-corrected chi connectivity index (χ0v) is 21.8. The molecule has 0 bridgehead atoms. The van der Waals surface area contributed by atoms with Crippen LogP contribution in [0.25, 0.3) is 6.08 Å². The second-order valence-corrected chi connectivity index (χ2v) is 10.1. The van der Waals surface area contributed by atoms with Crippen molar-refractivity contribution in [3.8, 4) is 0 Å². The third-order valence-electron chi connectivity index (χ3n) is 6.65. The molecule has 182 valence electrons. The van der Waals surface area contributed by atoms with Gasteiger partial charge < -0.3 is 5.32 Å². The van der Waals surface area contributed by atoms with E-state index in [1.807, 2.05) is 42.3 Å². The molecular weight excluding hydrogens is 490 g/mol. The number of nitrogens with zero attached hydrogens (tertiary/aromatic N) is 2. The Kier molecular flexibility index (Phi) is 7.19. The maximum Gasteiger partial charge on any atom is 0.243 e. The van der Waals surface area contributed by atoms with Gasteiger partial charge in [-0.25, -0.2) is 5.43 Å². The number of benzene rings is 2. The van der Waals surface area contributed by atoms with Crippen LogP contribution >= 0.6 is 23.2 Å². The summed E-state index contributed by atoms with van der Waals surface area (Å²) in [5.74, 6) is -0.0928. The van der Waals surface area contributed by atoms with E-state index in [4.69, 9.17) is 23.2 Å². The second-order valence-electron chi connectivity index (χ2n) is 9.29. The zero-order chi connectivity index (χ0) is 25.2. The van der Waals surface area contributed by atoms with Gasteiger partial charge >= 0.3 is 0 Å². The highest BCUT2D eigenvalue weighted by atomic mass is 35.5. The van der Waals surface area contributed by atoms with Crippen LogP contribution in [0.4, 0.5) is 5.69 Å². The average molecular weight is 517 g/mol. The Hall–Kier alpha value is -3.06.